The van der Waals surface area contributed by atoms with Crippen LogP contribution in [0.25, 0.3) is 0 Å². The van der Waals surface area contributed by atoms with Crippen molar-refractivity contribution in [3.63, 3.8) is 0 Å². The number of amides is 1. The maximum absolute atomic E-state index is 13.6. The first-order valence-corrected chi connectivity index (χ1v) is 8.17. The SMILES string of the molecule is NC(=O)[C@@H]1CCCC[C@@H]1NS(=O)(=O)c1ccc(F)c(F)c1F. The molecule has 0 spiro atoms. The summed E-state index contributed by atoms with van der Waals surface area (Å²) in [6, 6.07) is 0.376. The molecule has 0 aliphatic heterocycles. The third kappa shape index (κ3) is 3.25. The van der Waals surface area contributed by atoms with Crippen molar-refractivity contribution in [3.8, 4) is 0 Å². The number of benzene rings is 1. The molecule has 9 heteroatoms. The van der Waals surface area contributed by atoms with E-state index in [4.69, 9.17) is 5.73 Å². The molecule has 2 atom stereocenters. The maximum atomic E-state index is 13.6. The lowest BCUT2D eigenvalue weighted by molar-refractivity contribution is -0.123. The molecule has 22 heavy (non-hydrogen) atoms. The Kier molecular flexibility index (Phi) is 4.76. The molecule has 1 aliphatic carbocycles. The molecule has 0 radical (unpaired) electrons. The van der Waals surface area contributed by atoms with Crippen molar-refractivity contribution in [3.05, 3.63) is 29.6 Å². The Balaban J connectivity index is 2.31. The average Bonchev–Trinajstić information content (AvgIpc) is 2.44. The van der Waals surface area contributed by atoms with Crippen LogP contribution in [0.1, 0.15) is 25.7 Å². The number of primary amides is 1. The first-order chi connectivity index (χ1) is 10.2. The summed E-state index contributed by atoms with van der Waals surface area (Å²) >= 11 is 0. The molecular weight excluding hydrogens is 321 g/mol. The van der Waals surface area contributed by atoms with Gasteiger partial charge in [0.25, 0.3) is 0 Å². The predicted molar refractivity (Wildman–Crippen MR) is 71.6 cm³/mol. The molecule has 2 rings (SSSR count). The van der Waals surface area contributed by atoms with Crippen LogP contribution >= 0.6 is 0 Å². The summed E-state index contributed by atoms with van der Waals surface area (Å²) in [5.41, 5.74) is 5.23. The van der Waals surface area contributed by atoms with Gasteiger partial charge in [-0.3, -0.25) is 4.79 Å². The van der Waals surface area contributed by atoms with Crippen molar-refractivity contribution < 1.29 is 26.4 Å². The fourth-order valence-corrected chi connectivity index (χ4v) is 3.97. The summed E-state index contributed by atoms with van der Waals surface area (Å²) in [5.74, 6) is -6.50. The van der Waals surface area contributed by atoms with Gasteiger partial charge in [-0.1, -0.05) is 12.8 Å². The topological polar surface area (TPSA) is 89.3 Å². The predicted octanol–water partition coefficient (Wildman–Crippen LogP) is 1.43. The quantitative estimate of drug-likeness (QED) is 0.815. The molecule has 122 valence electrons. The standard InChI is InChI=1S/C13H15F3N2O3S/c14-8-5-6-10(12(16)11(8)15)22(20,21)18-9-4-2-1-3-7(9)13(17)19/h5-7,9,18H,1-4H2,(H2,17,19)/t7-,9+/m1/s1. The van der Waals surface area contributed by atoms with Gasteiger partial charge in [0.2, 0.25) is 15.9 Å². The van der Waals surface area contributed by atoms with E-state index in [1.165, 1.54) is 0 Å². The van der Waals surface area contributed by atoms with Crippen LogP contribution in [0.2, 0.25) is 0 Å². The third-order valence-corrected chi connectivity index (χ3v) is 5.23. The minimum atomic E-state index is -4.44. The molecule has 3 N–H and O–H groups in total. The van der Waals surface area contributed by atoms with Gasteiger partial charge in [-0.2, -0.15) is 0 Å². The number of carbonyl (C=O) groups excluding carboxylic acids is 1. The normalized spacial score (nSPS) is 22.5. The highest BCUT2D eigenvalue weighted by Gasteiger charge is 2.34. The Morgan fingerprint density at radius 2 is 1.77 bits per heavy atom. The Morgan fingerprint density at radius 1 is 1.14 bits per heavy atom. The molecule has 1 saturated carbocycles. The minimum Gasteiger partial charge on any atom is -0.369 e. The van der Waals surface area contributed by atoms with Crippen LogP contribution < -0.4 is 10.5 Å². The van der Waals surface area contributed by atoms with E-state index >= 15 is 0 Å². The van der Waals surface area contributed by atoms with Crippen molar-refractivity contribution in [1.29, 1.82) is 0 Å². The monoisotopic (exact) mass is 336 g/mol. The first-order valence-electron chi connectivity index (χ1n) is 6.69. The van der Waals surface area contributed by atoms with Gasteiger partial charge in [-0.05, 0) is 25.0 Å². The van der Waals surface area contributed by atoms with Crippen LogP contribution in [0.15, 0.2) is 17.0 Å². The summed E-state index contributed by atoms with van der Waals surface area (Å²) in [4.78, 5) is 10.4. The lowest BCUT2D eigenvalue weighted by atomic mass is 9.85. The zero-order chi connectivity index (χ0) is 16.5. The van der Waals surface area contributed by atoms with E-state index in [1.54, 1.807) is 0 Å². The number of nitrogens with two attached hydrogens (primary N) is 1. The summed E-state index contributed by atoms with van der Waals surface area (Å²) in [6.07, 6.45) is 2.18. The van der Waals surface area contributed by atoms with Gasteiger partial charge in [-0.15, -0.1) is 0 Å². The van der Waals surface area contributed by atoms with E-state index in [2.05, 4.69) is 4.72 Å². The Hall–Kier alpha value is -1.61. The molecule has 1 fully saturated rings. The van der Waals surface area contributed by atoms with Crippen molar-refractivity contribution in [2.75, 3.05) is 0 Å². The summed E-state index contributed by atoms with van der Waals surface area (Å²) < 4.78 is 66.2. The van der Waals surface area contributed by atoms with Crippen molar-refractivity contribution >= 4 is 15.9 Å². The number of nitrogens with one attached hydrogen (secondary N) is 1. The zero-order valence-corrected chi connectivity index (χ0v) is 12.3. The fraction of sp³-hybridized carbons (Fsp3) is 0.462. The van der Waals surface area contributed by atoms with Crippen LogP contribution in [0, 0.1) is 23.4 Å². The molecule has 0 bridgehead atoms. The van der Waals surface area contributed by atoms with Gasteiger partial charge in [0, 0.05) is 6.04 Å². The van der Waals surface area contributed by atoms with Crippen molar-refractivity contribution in [2.45, 2.75) is 36.6 Å². The van der Waals surface area contributed by atoms with Gasteiger partial charge >= 0.3 is 0 Å². The van der Waals surface area contributed by atoms with Gasteiger partial charge in [0.05, 0.1) is 5.92 Å². The third-order valence-electron chi connectivity index (χ3n) is 3.73. The number of sulfonamides is 1. The molecule has 1 aromatic carbocycles. The van der Waals surface area contributed by atoms with Gasteiger partial charge in [-0.25, -0.2) is 26.3 Å². The second-order valence-electron chi connectivity index (χ2n) is 5.19. The molecule has 1 amide bonds. The van der Waals surface area contributed by atoms with E-state index in [0.29, 0.717) is 31.4 Å². The van der Waals surface area contributed by atoms with Gasteiger partial charge in [0.15, 0.2) is 17.5 Å². The number of halogens is 3. The molecule has 0 aromatic heterocycles. The van der Waals surface area contributed by atoms with E-state index in [1.807, 2.05) is 0 Å². The van der Waals surface area contributed by atoms with Crippen LogP contribution in [-0.4, -0.2) is 20.4 Å². The lowest BCUT2D eigenvalue weighted by Gasteiger charge is -2.29. The summed E-state index contributed by atoms with van der Waals surface area (Å²) in [5, 5.41) is 0. The smallest absolute Gasteiger partial charge is 0.243 e. The highest BCUT2D eigenvalue weighted by Crippen LogP contribution is 2.27. The van der Waals surface area contributed by atoms with E-state index in [9.17, 15) is 26.4 Å². The molecule has 0 heterocycles. The van der Waals surface area contributed by atoms with E-state index in [0.717, 1.165) is 6.42 Å². The second kappa shape index (κ2) is 6.25. The van der Waals surface area contributed by atoms with Crippen LogP contribution in [0.4, 0.5) is 13.2 Å². The largest absolute Gasteiger partial charge is 0.369 e. The average molecular weight is 336 g/mol. The molecular formula is C13H15F3N2O3S. The number of rotatable bonds is 4. The Labute approximate surface area is 125 Å². The Morgan fingerprint density at radius 3 is 2.41 bits per heavy atom. The highest BCUT2D eigenvalue weighted by molar-refractivity contribution is 7.89. The van der Waals surface area contributed by atoms with Gasteiger partial charge in [0.1, 0.15) is 4.90 Å². The summed E-state index contributed by atoms with van der Waals surface area (Å²) in [6.45, 7) is 0. The minimum absolute atomic E-state index is 0.359. The first kappa shape index (κ1) is 16.8. The Bertz CT molecular complexity index is 694. The lowest BCUT2D eigenvalue weighted by Crippen LogP contribution is -2.47. The van der Waals surface area contributed by atoms with E-state index in [-0.39, 0.29) is 0 Å². The van der Waals surface area contributed by atoms with Crippen LogP contribution in [0.5, 0.6) is 0 Å². The second-order valence-corrected chi connectivity index (χ2v) is 6.88. The van der Waals surface area contributed by atoms with Gasteiger partial charge < -0.3 is 5.73 Å². The number of hydrogen-bond acceptors (Lipinski definition) is 3. The number of carbonyl (C=O) groups is 1. The van der Waals surface area contributed by atoms with E-state index < -0.39 is 50.2 Å². The van der Waals surface area contributed by atoms with Crippen molar-refractivity contribution in [2.24, 2.45) is 11.7 Å². The number of hydrogen-bond donors (Lipinski definition) is 2. The molecule has 1 aromatic rings. The molecule has 1 aliphatic rings. The molecule has 5 nitrogen and oxygen atoms in total. The van der Waals surface area contributed by atoms with Crippen molar-refractivity contribution in [1.82, 2.24) is 4.72 Å². The zero-order valence-electron chi connectivity index (χ0n) is 11.5. The molecule has 0 unspecified atom stereocenters. The van der Waals surface area contributed by atoms with Crippen LogP contribution in [0.3, 0.4) is 0 Å². The fourth-order valence-electron chi connectivity index (χ4n) is 2.59. The molecule has 0 saturated heterocycles. The highest BCUT2D eigenvalue weighted by atomic mass is 32.2. The maximum Gasteiger partial charge on any atom is 0.243 e. The summed E-state index contributed by atoms with van der Waals surface area (Å²) in [7, 11) is -4.44. The van der Waals surface area contributed by atoms with Crippen LogP contribution in [-0.2, 0) is 14.8 Å².